The smallest absolute Gasteiger partial charge is 0.243 e. The number of halogens is 1. The first kappa shape index (κ1) is 12.8. The minimum atomic E-state index is -3.58. The van der Waals surface area contributed by atoms with Crippen LogP contribution in [0.3, 0.4) is 0 Å². The van der Waals surface area contributed by atoms with E-state index in [0.29, 0.717) is 12.8 Å². The van der Waals surface area contributed by atoms with Gasteiger partial charge in [0.05, 0.1) is 6.10 Å². The lowest BCUT2D eigenvalue weighted by Gasteiger charge is -2.34. The summed E-state index contributed by atoms with van der Waals surface area (Å²) < 4.78 is 31.6. The number of aromatic nitrogens is 1. The van der Waals surface area contributed by atoms with Gasteiger partial charge in [0.2, 0.25) is 10.0 Å². The number of hydrogen-bond acceptors (Lipinski definition) is 4. The maximum absolute atomic E-state index is 12.0. The molecule has 0 aliphatic heterocycles. The highest BCUT2D eigenvalue weighted by molar-refractivity contribution is 7.89. The Morgan fingerprint density at radius 1 is 1.53 bits per heavy atom. The first-order valence-electron chi connectivity index (χ1n) is 5.18. The molecule has 1 N–H and O–H groups in total. The average Bonchev–Trinajstić information content (AvgIpc) is 2.23. The lowest BCUT2D eigenvalue weighted by molar-refractivity contribution is 0.0236. The number of sulfonamides is 1. The van der Waals surface area contributed by atoms with Crippen molar-refractivity contribution in [3.8, 4) is 0 Å². The van der Waals surface area contributed by atoms with Crippen LogP contribution in [0.2, 0.25) is 5.15 Å². The van der Waals surface area contributed by atoms with Gasteiger partial charge in [0.1, 0.15) is 10.0 Å². The number of hydrogen-bond donors (Lipinski definition) is 1. The van der Waals surface area contributed by atoms with Crippen LogP contribution in [0.5, 0.6) is 0 Å². The lowest BCUT2D eigenvalue weighted by Crippen LogP contribution is -2.47. The van der Waals surface area contributed by atoms with Gasteiger partial charge in [0, 0.05) is 19.3 Å². The van der Waals surface area contributed by atoms with E-state index in [-0.39, 0.29) is 22.2 Å². The minimum Gasteiger partial charge on any atom is -0.381 e. The Morgan fingerprint density at radius 2 is 2.24 bits per heavy atom. The predicted octanol–water partition coefficient (Wildman–Crippen LogP) is 1.19. The van der Waals surface area contributed by atoms with E-state index in [1.54, 1.807) is 13.2 Å². The molecule has 1 heterocycles. The summed E-state index contributed by atoms with van der Waals surface area (Å²) in [5.41, 5.74) is 0. The van der Waals surface area contributed by atoms with Gasteiger partial charge in [-0.15, -0.1) is 0 Å². The molecule has 5 nitrogen and oxygen atoms in total. The van der Waals surface area contributed by atoms with Crippen LogP contribution in [0.25, 0.3) is 0 Å². The Bertz CT molecular complexity index is 500. The number of ether oxygens (including phenoxy) is 1. The zero-order valence-electron chi connectivity index (χ0n) is 9.26. The summed E-state index contributed by atoms with van der Waals surface area (Å²) in [6.45, 7) is 0. The molecule has 0 spiro atoms. The SMILES string of the molecule is COC1CC(NS(=O)(=O)c2cccnc2Cl)C1. The molecule has 0 saturated heterocycles. The van der Waals surface area contributed by atoms with Crippen LogP contribution in [0.15, 0.2) is 23.2 Å². The summed E-state index contributed by atoms with van der Waals surface area (Å²) in [7, 11) is -1.96. The molecule has 1 aromatic rings. The van der Waals surface area contributed by atoms with Gasteiger partial charge in [-0.2, -0.15) is 0 Å². The second-order valence-corrected chi connectivity index (χ2v) is 5.98. The van der Waals surface area contributed by atoms with Crippen molar-refractivity contribution in [3.05, 3.63) is 23.5 Å². The molecule has 0 amide bonds. The van der Waals surface area contributed by atoms with Gasteiger partial charge in [0.25, 0.3) is 0 Å². The summed E-state index contributed by atoms with van der Waals surface area (Å²) in [5.74, 6) is 0. The largest absolute Gasteiger partial charge is 0.381 e. The van der Waals surface area contributed by atoms with Gasteiger partial charge in [-0.25, -0.2) is 18.1 Å². The van der Waals surface area contributed by atoms with Crippen molar-refractivity contribution in [3.63, 3.8) is 0 Å². The van der Waals surface area contributed by atoms with Crippen molar-refractivity contribution >= 4 is 21.6 Å². The number of methoxy groups -OCH3 is 1. The topological polar surface area (TPSA) is 68.3 Å². The molecular weight excluding hydrogens is 264 g/mol. The van der Waals surface area contributed by atoms with E-state index < -0.39 is 10.0 Å². The van der Waals surface area contributed by atoms with E-state index in [0.717, 1.165) is 0 Å². The number of nitrogens with one attached hydrogen (secondary N) is 1. The maximum atomic E-state index is 12.0. The quantitative estimate of drug-likeness (QED) is 0.839. The fourth-order valence-corrected chi connectivity index (χ4v) is 3.42. The Kier molecular flexibility index (Phi) is 3.67. The predicted molar refractivity (Wildman–Crippen MR) is 63.4 cm³/mol. The molecule has 0 atom stereocenters. The molecular formula is C10H13ClN2O3S. The average molecular weight is 277 g/mol. The first-order valence-corrected chi connectivity index (χ1v) is 7.04. The second-order valence-electron chi connectivity index (χ2n) is 3.94. The molecule has 7 heteroatoms. The highest BCUT2D eigenvalue weighted by atomic mass is 35.5. The minimum absolute atomic E-state index is 0.0115. The first-order chi connectivity index (χ1) is 8.03. The Balaban J connectivity index is 2.08. The van der Waals surface area contributed by atoms with Gasteiger partial charge in [0.15, 0.2) is 0 Å². The highest BCUT2D eigenvalue weighted by Crippen LogP contribution is 2.25. The Hall–Kier alpha value is -0.690. The third-order valence-corrected chi connectivity index (χ3v) is 4.73. The van der Waals surface area contributed by atoms with Crippen LogP contribution >= 0.6 is 11.6 Å². The molecule has 1 aliphatic rings. The van der Waals surface area contributed by atoms with Crippen molar-refractivity contribution in [2.75, 3.05) is 7.11 Å². The summed E-state index contributed by atoms with van der Waals surface area (Å²) >= 11 is 5.75. The van der Waals surface area contributed by atoms with Crippen molar-refractivity contribution in [1.82, 2.24) is 9.71 Å². The normalized spacial score (nSPS) is 24.4. The Morgan fingerprint density at radius 3 is 2.82 bits per heavy atom. The van der Waals surface area contributed by atoms with Crippen LogP contribution < -0.4 is 4.72 Å². The zero-order valence-corrected chi connectivity index (χ0v) is 10.8. The van der Waals surface area contributed by atoms with Crippen LogP contribution in [-0.2, 0) is 14.8 Å². The lowest BCUT2D eigenvalue weighted by atomic mass is 9.90. The molecule has 0 bridgehead atoms. The Labute approximate surface area is 105 Å². The molecule has 0 radical (unpaired) electrons. The number of pyridine rings is 1. The molecule has 0 aromatic carbocycles. The molecule has 17 heavy (non-hydrogen) atoms. The van der Waals surface area contributed by atoms with Crippen molar-refractivity contribution in [1.29, 1.82) is 0 Å². The second kappa shape index (κ2) is 4.89. The summed E-state index contributed by atoms with van der Waals surface area (Å²) in [6, 6.07) is 2.89. The third kappa shape index (κ3) is 2.77. The van der Waals surface area contributed by atoms with E-state index in [9.17, 15) is 8.42 Å². The number of rotatable bonds is 4. The fraction of sp³-hybridized carbons (Fsp3) is 0.500. The molecule has 2 rings (SSSR count). The van der Waals surface area contributed by atoms with E-state index in [4.69, 9.17) is 16.3 Å². The molecule has 1 aliphatic carbocycles. The summed E-state index contributed by atoms with van der Waals surface area (Å²) in [4.78, 5) is 3.77. The summed E-state index contributed by atoms with van der Waals surface area (Å²) in [6.07, 6.45) is 2.97. The van der Waals surface area contributed by atoms with Crippen molar-refractivity contribution in [2.45, 2.75) is 29.9 Å². The number of nitrogens with zero attached hydrogens (tertiary/aromatic N) is 1. The molecule has 94 valence electrons. The zero-order chi connectivity index (χ0) is 12.5. The van der Waals surface area contributed by atoms with Gasteiger partial charge in [-0.1, -0.05) is 11.6 Å². The van der Waals surface area contributed by atoms with E-state index >= 15 is 0 Å². The van der Waals surface area contributed by atoms with Crippen molar-refractivity contribution in [2.24, 2.45) is 0 Å². The standard InChI is InChI=1S/C10H13ClN2O3S/c1-16-8-5-7(6-8)13-17(14,15)9-3-2-4-12-10(9)11/h2-4,7-8,13H,5-6H2,1H3. The van der Waals surface area contributed by atoms with Crippen LogP contribution in [0.1, 0.15) is 12.8 Å². The highest BCUT2D eigenvalue weighted by Gasteiger charge is 2.33. The maximum Gasteiger partial charge on any atom is 0.243 e. The van der Waals surface area contributed by atoms with Crippen molar-refractivity contribution < 1.29 is 13.2 Å². The fourth-order valence-electron chi connectivity index (χ4n) is 1.71. The molecule has 0 unspecified atom stereocenters. The van der Waals surface area contributed by atoms with Crippen LogP contribution in [0, 0.1) is 0 Å². The third-order valence-electron chi connectivity index (χ3n) is 2.76. The van der Waals surface area contributed by atoms with E-state index in [1.165, 1.54) is 12.3 Å². The van der Waals surface area contributed by atoms with Gasteiger partial charge < -0.3 is 4.74 Å². The van der Waals surface area contributed by atoms with Gasteiger partial charge in [-0.05, 0) is 25.0 Å². The van der Waals surface area contributed by atoms with Crippen LogP contribution in [0.4, 0.5) is 0 Å². The van der Waals surface area contributed by atoms with Gasteiger partial charge in [-0.3, -0.25) is 0 Å². The van der Waals surface area contributed by atoms with E-state index in [1.807, 2.05) is 0 Å². The molecule has 1 aromatic heterocycles. The monoisotopic (exact) mass is 276 g/mol. The molecule has 1 fully saturated rings. The summed E-state index contributed by atoms with van der Waals surface area (Å²) in [5, 5.41) is -0.0115. The van der Waals surface area contributed by atoms with Gasteiger partial charge >= 0.3 is 0 Å². The molecule has 1 saturated carbocycles. The van der Waals surface area contributed by atoms with E-state index in [2.05, 4.69) is 9.71 Å². The van der Waals surface area contributed by atoms with Crippen LogP contribution in [-0.4, -0.2) is 32.7 Å².